The fourth-order valence-corrected chi connectivity index (χ4v) is 5.95. The van der Waals surface area contributed by atoms with E-state index in [1.807, 2.05) is 0 Å². The monoisotopic (exact) mass is 603 g/mol. The molecule has 0 heterocycles. The first-order valence-electron chi connectivity index (χ1n) is 11.4. The van der Waals surface area contributed by atoms with Gasteiger partial charge in [-0.15, -0.1) is 0 Å². The first kappa shape index (κ1) is 28.4. The van der Waals surface area contributed by atoms with Crippen LogP contribution in [0.15, 0.2) is 102 Å². The van der Waals surface area contributed by atoms with E-state index in [1.165, 1.54) is 34.6 Å². The Bertz CT molecular complexity index is 1710. The SMILES string of the molecule is CS(=O)(=O)N(Cc1ccc(C(=O)Nc2ccc(S(=O)(=O)Nc3cccc(Cl)c3)cc2)cc1)c1cccc(Cl)c1. The van der Waals surface area contributed by atoms with Crippen LogP contribution in [-0.4, -0.2) is 29.0 Å². The number of rotatable bonds is 9. The standard InChI is InChI=1S/C27H23Cl2N3O5S2/c1-38(34,35)32(25-7-3-5-22(29)17-25)18-19-8-10-20(11-9-19)27(33)30-23-12-14-26(15-13-23)39(36,37)31-24-6-2-4-21(28)16-24/h2-17,31H,18H2,1H3,(H,30,33). The summed E-state index contributed by atoms with van der Waals surface area (Å²) in [6, 6.07) is 25.1. The lowest BCUT2D eigenvalue weighted by Gasteiger charge is -2.22. The van der Waals surface area contributed by atoms with Crippen molar-refractivity contribution in [3.8, 4) is 0 Å². The maximum atomic E-state index is 12.7. The molecule has 12 heteroatoms. The molecule has 0 aliphatic rings. The molecule has 39 heavy (non-hydrogen) atoms. The van der Waals surface area contributed by atoms with Crippen LogP contribution in [0.3, 0.4) is 0 Å². The maximum absolute atomic E-state index is 12.7. The van der Waals surface area contributed by atoms with Crippen LogP contribution in [0.5, 0.6) is 0 Å². The molecule has 1 amide bonds. The number of amides is 1. The molecular formula is C27H23Cl2N3O5S2. The van der Waals surface area contributed by atoms with E-state index in [2.05, 4.69) is 10.0 Å². The van der Waals surface area contributed by atoms with Gasteiger partial charge in [0.15, 0.2) is 0 Å². The minimum absolute atomic E-state index is 0.0139. The highest BCUT2D eigenvalue weighted by molar-refractivity contribution is 7.92. The molecule has 2 N–H and O–H groups in total. The highest BCUT2D eigenvalue weighted by Crippen LogP contribution is 2.25. The van der Waals surface area contributed by atoms with Gasteiger partial charge in [0.2, 0.25) is 10.0 Å². The summed E-state index contributed by atoms with van der Waals surface area (Å²) >= 11 is 11.9. The molecule has 4 aromatic rings. The first-order chi connectivity index (χ1) is 18.4. The average molecular weight is 605 g/mol. The maximum Gasteiger partial charge on any atom is 0.261 e. The highest BCUT2D eigenvalue weighted by Gasteiger charge is 2.19. The van der Waals surface area contributed by atoms with Crippen LogP contribution < -0.4 is 14.3 Å². The first-order valence-corrected chi connectivity index (χ1v) is 15.5. The third-order valence-electron chi connectivity index (χ3n) is 5.54. The van der Waals surface area contributed by atoms with Crippen molar-refractivity contribution in [1.82, 2.24) is 0 Å². The van der Waals surface area contributed by atoms with Gasteiger partial charge in [-0.25, -0.2) is 16.8 Å². The van der Waals surface area contributed by atoms with Gasteiger partial charge in [0.1, 0.15) is 0 Å². The Labute approximate surface area is 237 Å². The van der Waals surface area contributed by atoms with Crippen LogP contribution in [0.1, 0.15) is 15.9 Å². The molecule has 0 atom stereocenters. The van der Waals surface area contributed by atoms with Crippen molar-refractivity contribution in [2.75, 3.05) is 20.6 Å². The number of hydrogen-bond acceptors (Lipinski definition) is 5. The van der Waals surface area contributed by atoms with E-state index in [0.29, 0.717) is 38.2 Å². The average Bonchev–Trinajstić information content (AvgIpc) is 2.87. The highest BCUT2D eigenvalue weighted by atomic mass is 35.5. The van der Waals surface area contributed by atoms with Crippen molar-refractivity contribution in [2.24, 2.45) is 0 Å². The summed E-state index contributed by atoms with van der Waals surface area (Å²) in [5.41, 5.74) is 2.16. The van der Waals surface area contributed by atoms with Gasteiger partial charge in [0.25, 0.3) is 15.9 Å². The summed E-state index contributed by atoms with van der Waals surface area (Å²) in [6.07, 6.45) is 1.11. The van der Waals surface area contributed by atoms with Crippen molar-refractivity contribution < 1.29 is 21.6 Å². The molecule has 0 fully saturated rings. The van der Waals surface area contributed by atoms with Gasteiger partial charge in [0.05, 0.1) is 29.1 Å². The second-order valence-electron chi connectivity index (χ2n) is 8.54. The summed E-state index contributed by atoms with van der Waals surface area (Å²) in [7, 11) is -7.44. The largest absolute Gasteiger partial charge is 0.322 e. The summed E-state index contributed by atoms with van der Waals surface area (Å²) in [5, 5.41) is 3.53. The van der Waals surface area contributed by atoms with Gasteiger partial charge in [0, 0.05) is 21.3 Å². The molecule has 0 saturated heterocycles. The van der Waals surface area contributed by atoms with Crippen LogP contribution in [0.2, 0.25) is 10.0 Å². The third-order valence-corrected chi connectivity index (χ3v) is 8.55. The van der Waals surface area contributed by atoms with Gasteiger partial charge in [-0.1, -0.05) is 47.5 Å². The molecule has 0 aliphatic carbocycles. The van der Waals surface area contributed by atoms with E-state index in [4.69, 9.17) is 23.2 Å². The number of benzene rings is 4. The molecule has 202 valence electrons. The lowest BCUT2D eigenvalue weighted by Crippen LogP contribution is -2.29. The van der Waals surface area contributed by atoms with Gasteiger partial charge in [-0.3, -0.25) is 13.8 Å². The number of nitrogens with one attached hydrogen (secondary N) is 2. The molecular weight excluding hydrogens is 581 g/mol. The fourth-order valence-electron chi connectivity index (χ4n) is 3.65. The van der Waals surface area contributed by atoms with Gasteiger partial charge >= 0.3 is 0 Å². The second kappa shape index (κ2) is 11.7. The zero-order valence-corrected chi connectivity index (χ0v) is 23.7. The molecule has 0 spiro atoms. The Balaban J connectivity index is 1.42. The lowest BCUT2D eigenvalue weighted by molar-refractivity contribution is 0.102. The minimum atomic E-state index is -3.85. The van der Waals surface area contributed by atoms with Crippen LogP contribution in [0.25, 0.3) is 0 Å². The Hall–Kier alpha value is -3.57. The van der Waals surface area contributed by atoms with Crippen molar-refractivity contribution in [3.05, 3.63) is 118 Å². The molecule has 0 bridgehead atoms. The predicted molar refractivity (Wildman–Crippen MR) is 156 cm³/mol. The van der Waals surface area contributed by atoms with E-state index < -0.39 is 26.0 Å². The van der Waals surface area contributed by atoms with E-state index in [9.17, 15) is 21.6 Å². The number of hydrogen-bond donors (Lipinski definition) is 2. The number of nitrogens with zero attached hydrogens (tertiary/aromatic N) is 1. The predicted octanol–water partition coefficient (Wildman–Crippen LogP) is 6.01. The summed E-state index contributed by atoms with van der Waals surface area (Å²) in [4.78, 5) is 12.8. The normalized spacial score (nSPS) is 11.6. The van der Waals surface area contributed by atoms with Crippen molar-refractivity contribution in [1.29, 1.82) is 0 Å². The Morgan fingerprint density at radius 3 is 1.97 bits per heavy atom. The summed E-state index contributed by atoms with van der Waals surface area (Å²) < 4.78 is 53.8. The van der Waals surface area contributed by atoms with E-state index in [-0.39, 0.29) is 11.4 Å². The summed E-state index contributed by atoms with van der Waals surface area (Å²) in [6.45, 7) is 0.0558. The van der Waals surface area contributed by atoms with Crippen molar-refractivity contribution >= 4 is 66.2 Å². The molecule has 4 rings (SSSR count). The van der Waals surface area contributed by atoms with Crippen LogP contribution in [0.4, 0.5) is 17.1 Å². The van der Waals surface area contributed by atoms with Gasteiger partial charge in [-0.2, -0.15) is 0 Å². The lowest BCUT2D eigenvalue weighted by atomic mass is 10.1. The molecule has 0 unspecified atom stereocenters. The van der Waals surface area contributed by atoms with Crippen LogP contribution in [-0.2, 0) is 26.6 Å². The number of halogens is 2. The van der Waals surface area contributed by atoms with Gasteiger partial charge < -0.3 is 5.32 Å². The zero-order chi connectivity index (χ0) is 28.2. The Kier molecular flexibility index (Phi) is 8.51. The van der Waals surface area contributed by atoms with Crippen molar-refractivity contribution in [3.63, 3.8) is 0 Å². The quantitative estimate of drug-likeness (QED) is 0.243. The molecule has 0 saturated carbocycles. The molecule has 0 aliphatic heterocycles. The zero-order valence-electron chi connectivity index (χ0n) is 20.5. The van der Waals surface area contributed by atoms with Crippen molar-refractivity contribution in [2.45, 2.75) is 11.4 Å². The minimum Gasteiger partial charge on any atom is -0.322 e. The van der Waals surface area contributed by atoms with E-state index >= 15 is 0 Å². The second-order valence-corrected chi connectivity index (χ2v) is 13.0. The Morgan fingerprint density at radius 2 is 1.38 bits per heavy atom. The topological polar surface area (TPSA) is 113 Å². The molecule has 4 aromatic carbocycles. The van der Waals surface area contributed by atoms with Crippen LogP contribution >= 0.6 is 23.2 Å². The van der Waals surface area contributed by atoms with E-state index in [0.717, 1.165) is 6.26 Å². The third kappa shape index (κ3) is 7.51. The number of anilines is 3. The van der Waals surface area contributed by atoms with E-state index in [1.54, 1.807) is 66.7 Å². The van der Waals surface area contributed by atoms with Gasteiger partial charge in [-0.05, 0) is 78.4 Å². The summed E-state index contributed by atoms with van der Waals surface area (Å²) in [5.74, 6) is -0.413. The number of sulfonamides is 2. The molecule has 8 nitrogen and oxygen atoms in total. The molecule has 0 radical (unpaired) electrons. The number of carbonyl (C=O) groups is 1. The van der Waals surface area contributed by atoms with Crippen LogP contribution in [0, 0.1) is 0 Å². The smallest absolute Gasteiger partial charge is 0.261 e. The fraction of sp³-hybridized carbons (Fsp3) is 0.0741. The molecule has 0 aromatic heterocycles. The number of carbonyl (C=O) groups excluding carboxylic acids is 1. The Morgan fingerprint density at radius 1 is 0.769 bits per heavy atom.